The van der Waals surface area contributed by atoms with Crippen molar-refractivity contribution < 1.29 is 4.74 Å². The van der Waals surface area contributed by atoms with Gasteiger partial charge in [-0.25, -0.2) is 4.98 Å². The molecule has 2 rings (SSSR count). The fraction of sp³-hybridized carbons (Fsp3) is 0.789. The van der Waals surface area contributed by atoms with Gasteiger partial charge < -0.3 is 15.4 Å². The second kappa shape index (κ2) is 10.8. The fourth-order valence-corrected chi connectivity index (χ4v) is 4.00. The quantitative estimate of drug-likeness (QED) is 0.535. The number of hydrogen-bond acceptors (Lipinski definition) is 5. The number of aliphatic imine (C=N–C) groups is 1. The zero-order chi connectivity index (χ0) is 18.9. The molecule has 26 heavy (non-hydrogen) atoms. The summed E-state index contributed by atoms with van der Waals surface area (Å²) in [5.74, 6) is 1.95. The normalized spacial score (nSPS) is 17.7. The van der Waals surface area contributed by atoms with Crippen LogP contribution in [-0.2, 0) is 11.2 Å². The highest BCUT2D eigenvalue weighted by molar-refractivity contribution is 7.09. The van der Waals surface area contributed by atoms with E-state index in [9.17, 15) is 0 Å². The molecule has 0 aromatic carbocycles. The molecule has 148 valence electrons. The Hall–Kier alpha value is -1.18. The molecule has 0 bridgehead atoms. The molecule has 1 saturated heterocycles. The topological polar surface area (TPSA) is 61.8 Å². The predicted octanol–water partition coefficient (Wildman–Crippen LogP) is 2.33. The van der Waals surface area contributed by atoms with Crippen LogP contribution in [0.15, 0.2) is 10.4 Å². The van der Waals surface area contributed by atoms with Gasteiger partial charge in [-0.2, -0.15) is 0 Å². The molecule has 2 heterocycles. The number of nitrogens with zero attached hydrogens (tertiary/aromatic N) is 3. The molecule has 1 fully saturated rings. The fourth-order valence-electron chi connectivity index (χ4n) is 3.13. The predicted molar refractivity (Wildman–Crippen MR) is 110 cm³/mol. The summed E-state index contributed by atoms with van der Waals surface area (Å²) >= 11 is 1.75. The van der Waals surface area contributed by atoms with Gasteiger partial charge >= 0.3 is 0 Å². The Balaban J connectivity index is 1.76. The van der Waals surface area contributed by atoms with Gasteiger partial charge in [-0.1, -0.05) is 27.7 Å². The largest absolute Gasteiger partial charge is 0.379 e. The Morgan fingerprint density at radius 1 is 1.27 bits per heavy atom. The smallest absolute Gasteiger partial charge is 0.191 e. The van der Waals surface area contributed by atoms with Crippen molar-refractivity contribution in [2.24, 2.45) is 10.9 Å². The van der Waals surface area contributed by atoms with Crippen molar-refractivity contribution >= 4 is 17.3 Å². The first kappa shape index (κ1) is 21.1. The standard InChI is InChI=1S/C19H35N5OS/c1-14(2)17(24-8-10-25-11-9-24)12-22-19(20-5)21-7-6-16-13-26-18(23-16)15(3)4/h13-15,17H,6-12H2,1-5H3,(H2,20,21,22). The molecule has 1 aromatic heterocycles. The number of thiazole rings is 1. The lowest BCUT2D eigenvalue weighted by Crippen LogP contribution is -2.52. The van der Waals surface area contributed by atoms with Crippen LogP contribution in [0.25, 0.3) is 0 Å². The third-order valence-corrected chi connectivity index (χ3v) is 5.92. The van der Waals surface area contributed by atoms with Gasteiger partial charge in [0.1, 0.15) is 0 Å². The van der Waals surface area contributed by atoms with Gasteiger partial charge in [-0.3, -0.25) is 9.89 Å². The Morgan fingerprint density at radius 2 is 2.00 bits per heavy atom. The van der Waals surface area contributed by atoms with E-state index in [2.05, 4.69) is 53.6 Å². The van der Waals surface area contributed by atoms with Crippen LogP contribution < -0.4 is 10.6 Å². The van der Waals surface area contributed by atoms with E-state index >= 15 is 0 Å². The molecule has 1 aromatic rings. The lowest BCUT2D eigenvalue weighted by molar-refractivity contribution is 0.00752. The van der Waals surface area contributed by atoms with E-state index in [4.69, 9.17) is 9.72 Å². The number of aromatic nitrogens is 1. The second-order valence-electron chi connectivity index (χ2n) is 7.42. The van der Waals surface area contributed by atoms with Crippen molar-refractivity contribution in [3.8, 4) is 0 Å². The minimum Gasteiger partial charge on any atom is -0.379 e. The van der Waals surface area contributed by atoms with E-state index < -0.39 is 0 Å². The molecule has 0 amide bonds. The summed E-state index contributed by atoms with van der Waals surface area (Å²) in [5.41, 5.74) is 1.16. The molecular weight excluding hydrogens is 346 g/mol. The van der Waals surface area contributed by atoms with Crippen molar-refractivity contribution in [3.05, 3.63) is 16.1 Å². The first-order chi connectivity index (χ1) is 12.5. The van der Waals surface area contributed by atoms with Crippen molar-refractivity contribution in [1.29, 1.82) is 0 Å². The Morgan fingerprint density at radius 3 is 2.58 bits per heavy atom. The van der Waals surface area contributed by atoms with E-state index in [1.807, 2.05) is 7.05 Å². The number of hydrogen-bond donors (Lipinski definition) is 2. The van der Waals surface area contributed by atoms with Crippen LogP contribution in [-0.4, -0.2) is 68.3 Å². The third-order valence-electron chi connectivity index (χ3n) is 4.72. The molecule has 0 saturated carbocycles. The van der Waals surface area contributed by atoms with Crippen LogP contribution in [0.3, 0.4) is 0 Å². The van der Waals surface area contributed by atoms with Crippen LogP contribution in [0.2, 0.25) is 0 Å². The van der Waals surface area contributed by atoms with Crippen LogP contribution in [0.5, 0.6) is 0 Å². The molecule has 7 heteroatoms. The second-order valence-corrected chi connectivity index (χ2v) is 8.31. The maximum Gasteiger partial charge on any atom is 0.191 e. The Labute approximate surface area is 162 Å². The van der Waals surface area contributed by atoms with Crippen molar-refractivity contribution in [2.45, 2.75) is 46.1 Å². The first-order valence-corrected chi connectivity index (χ1v) is 10.6. The average molecular weight is 382 g/mol. The molecule has 2 N–H and O–H groups in total. The van der Waals surface area contributed by atoms with Gasteiger partial charge in [0.05, 0.1) is 23.9 Å². The average Bonchev–Trinajstić information content (AvgIpc) is 3.10. The molecule has 1 aliphatic rings. The van der Waals surface area contributed by atoms with Crippen molar-refractivity contribution in [3.63, 3.8) is 0 Å². The number of rotatable bonds is 8. The third kappa shape index (κ3) is 6.52. The Kier molecular flexibility index (Phi) is 8.81. The minimum absolute atomic E-state index is 0.490. The molecule has 1 unspecified atom stereocenters. The summed E-state index contributed by atoms with van der Waals surface area (Å²) in [6.07, 6.45) is 0.918. The maximum absolute atomic E-state index is 5.48. The lowest BCUT2D eigenvalue weighted by atomic mass is 10.0. The summed E-state index contributed by atoms with van der Waals surface area (Å²) in [5, 5.41) is 10.3. The number of ether oxygens (including phenoxy) is 1. The highest BCUT2D eigenvalue weighted by atomic mass is 32.1. The molecule has 0 radical (unpaired) electrons. The first-order valence-electron chi connectivity index (χ1n) is 9.71. The van der Waals surface area contributed by atoms with Gasteiger partial charge in [0.15, 0.2) is 5.96 Å². The van der Waals surface area contributed by atoms with E-state index in [1.165, 1.54) is 5.01 Å². The highest BCUT2D eigenvalue weighted by Crippen LogP contribution is 2.19. The Bertz CT molecular complexity index is 552. The van der Waals surface area contributed by atoms with Crippen molar-refractivity contribution in [2.75, 3.05) is 46.4 Å². The number of morpholine rings is 1. The summed E-state index contributed by atoms with van der Waals surface area (Å²) in [4.78, 5) is 11.6. The van der Waals surface area contributed by atoms with Crippen LogP contribution in [0.1, 0.15) is 44.3 Å². The monoisotopic (exact) mass is 381 g/mol. The molecule has 1 aliphatic heterocycles. The molecular formula is C19H35N5OS. The molecule has 0 spiro atoms. The van der Waals surface area contributed by atoms with Gasteiger partial charge in [0.2, 0.25) is 0 Å². The van der Waals surface area contributed by atoms with Crippen molar-refractivity contribution in [1.82, 2.24) is 20.5 Å². The summed E-state index contributed by atoms with van der Waals surface area (Å²) in [6, 6.07) is 0.490. The van der Waals surface area contributed by atoms with Crippen LogP contribution >= 0.6 is 11.3 Å². The molecule has 0 aliphatic carbocycles. The maximum atomic E-state index is 5.48. The summed E-state index contributed by atoms with van der Waals surface area (Å²) < 4.78 is 5.48. The summed E-state index contributed by atoms with van der Waals surface area (Å²) in [6.45, 7) is 14.4. The van der Waals surface area contributed by atoms with E-state index in [-0.39, 0.29) is 0 Å². The lowest BCUT2D eigenvalue weighted by Gasteiger charge is -2.37. The van der Waals surface area contributed by atoms with Gasteiger partial charge in [0.25, 0.3) is 0 Å². The van der Waals surface area contributed by atoms with Crippen LogP contribution in [0.4, 0.5) is 0 Å². The van der Waals surface area contributed by atoms with Gasteiger partial charge in [0, 0.05) is 57.0 Å². The zero-order valence-corrected chi connectivity index (χ0v) is 17.7. The van der Waals surface area contributed by atoms with E-state index in [1.54, 1.807) is 11.3 Å². The summed E-state index contributed by atoms with van der Waals surface area (Å²) in [7, 11) is 1.83. The highest BCUT2D eigenvalue weighted by Gasteiger charge is 2.23. The zero-order valence-electron chi connectivity index (χ0n) is 16.9. The van der Waals surface area contributed by atoms with E-state index in [0.29, 0.717) is 17.9 Å². The van der Waals surface area contributed by atoms with E-state index in [0.717, 1.165) is 57.5 Å². The molecule has 6 nitrogen and oxygen atoms in total. The van der Waals surface area contributed by atoms with Crippen LogP contribution in [0, 0.1) is 5.92 Å². The minimum atomic E-state index is 0.490. The van der Waals surface area contributed by atoms with Gasteiger partial charge in [-0.15, -0.1) is 11.3 Å². The molecule has 1 atom stereocenters. The van der Waals surface area contributed by atoms with Gasteiger partial charge in [-0.05, 0) is 5.92 Å². The number of nitrogens with one attached hydrogen (secondary N) is 2. The SMILES string of the molecule is CN=C(NCCc1csc(C(C)C)n1)NCC(C(C)C)N1CCOCC1. The number of guanidine groups is 1.